The zero-order chi connectivity index (χ0) is 16.8. The van der Waals surface area contributed by atoms with E-state index in [4.69, 9.17) is 0 Å². The lowest BCUT2D eigenvalue weighted by Gasteiger charge is -2.28. The second kappa shape index (κ2) is 7.83. The van der Waals surface area contributed by atoms with Crippen molar-refractivity contribution in [1.82, 2.24) is 4.90 Å². The number of aliphatic hydroxyl groups excluding tert-OH is 1. The molecular weight excluding hydrogens is 300 g/mol. The molecular formula is C18H19F2NO2. The predicted molar refractivity (Wildman–Crippen MR) is 83.7 cm³/mol. The van der Waals surface area contributed by atoms with Crippen molar-refractivity contribution in [3.05, 3.63) is 71.3 Å². The van der Waals surface area contributed by atoms with Crippen LogP contribution in [0.3, 0.4) is 0 Å². The number of benzene rings is 2. The van der Waals surface area contributed by atoms with Crippen LogP contribution in [0.1, 0.15) is 23.6 Å². The van der Waals surface area contributed by atoms with Crippen LogP contribution in [0.15, 0.2) is 48.5 Å². The molecule has 0 bridgehead atoms. The molecule has 0 spiro atoms. The summed E-state index contributed by atoms with van der Waals surface area (Å²) in [4.78, 5) is 13.9. The van der Waals surface area contributed by atoms with Gasteiger partial charge in [-0.05, 0) is 23.6 Å². The lowest BCUT2D eigenvalue weighted by Crippen LogP contribution is -2.33. The number of carbonyl (C=O) groups excluding carboxylic acids is 1. The average Bonchev–Trinajstić information content (AvgIpc) is 2.55. The maximum Gasteiger partial charge on any atom is 0.227 e. The molecule has 0 aliphatic rings. The summed E-state index contributed by atoms with van der Waals surface area (Å²) in [5.74, 6) is -1.70. The van der Waals surface area contributed by atoms with Gasteiger partial charge in [0.25, 0.3) is 0 Å². The number of aliphatic hydroxyl groups is 1. The monoisotopic (exact) mass is 319 g/mol. The van der Waals surface area contributed by atoms with Crippen LogP contribution in [0.2, 0.25) is 0 Å². The molecule has 23 heavy (non-hydrogen) atoms. The fourth-order valence-corrected chi connectivity index (χ4v) is 2.51. The lowest BCUT2D eigenvalue weighted by atomic mass is 10.0. The molecule has 1 unspecified atom stereocenters. The largest absolute Gasteiger partial charge is 0.396 e. The number of likely N-dealkylation sites (N-methyl/N-ethyl adjacent to an activating group) is 1. The lowest BCUT2D eigenvalue weighted by molar-refractivity contribution is -0.131. The summed E-state index contributed by atoms with van der Waals surface area (Å²) < 4.78 is 26.6. The van der Waals surface area contributed by atoms with Crippen molar-refractivity contribution in [3.63, 3.8) is 0 Å². The topological polar surface area (TPSA) is 40.5 Å². The predicted octanol–water partition coefficient (Wildman–Crippen LogP) is 3.09. The molecule has 0 fully saturated rings. The van der Waals surface area contributed by atoms with Gasteiger partial charge in [0.15, 0.2) is 0 Å². The Morgan fingerprint density at radius 1 is 1.17 bits per heavy atom. The Balaban J connectivity index is 2.16. The summed E-state index contributed by atoms with van der Waals surface area (Å²) >= 11 is 0. The Labute approximate surface area is 134 Å². The molecule has 0 heterocycles. The van der Waals surface area contributed by atoms with Gasteiger partial charge in [0.1, 0.15) is 11.6 Å². The maximum absolute atomic E-state index is 13.7. The molecule has 0 saturated heterocycles. The Hall–Kier alpha value is -2.27. The Kier molecular flexibility index (Phi) is 5.82. The highest BCUT2D eigenvalue weighted by Crippen LogP contribution is 2.24. The standard InChI is InChI=1S/C18H19F2NO2/c1-21(17(9-10-22)13-5-3-2-4-6-13)18(23)11-14-7-8-15(19)12-16(14)20/h2-8,12,17,22H,9-11H2,1H3. The molecule has 3 nitrogen and oxygen atoms in total. The highest BCUT2D eigenvalue weighted by Gasteiger charge is 2.22. The molecule has 0 aromatic heterocycles. The second-order valence-electron chi connectivity index (χ2n) is 5.36. The van der Waals surface area contributed by atoms with Gasteiger partial charge in [-0.25, -0.2) is 8.78 Å². The number of nitrogens with zero attached hydrogens (tertiary/aromatic N) is 1. The molecule has 122 valence electrons. The third kappa shape index (κ3) is 4.36. The van der Waals surface area contributed by atoms with Crippen LogP contribution in [0, 0.1) is 11.6 Å². The van der Waals surface area contributed by atoms with E-state index in [9.17, 15) is 18.7 Å². The van der Waals surface area contributed by atoms with Crippen LogP contribution in [-0.4, -0.2) is 29.6 Å². The summed E-state index contributed by atoms with van der Waals surface area (Å²) in [6.45, 7) is -0.0674. The van der Waals surface area contributed by atoms with Crippen LogP contribution in [0.25, 0.3) is 0 Å². The number of amides is 1. The molecule has 0 aliphatic carbocycles. The number of hydrogen-bond acceptors (Lipinski definition) is 2. The Morgan fingerprint density at radius 3 is 2.48 bits per heavy atom. The van der Waals surface area contributed by atoms with Crippen molar-refractivity contribution < 1.29 is 18.7 Å². The van der Waals surface area contributed by atoms with E-state index in [-0.39, 0.29) is 30.5 Å². The maximum atomic E-state index is 13.7. The Bertz CT molecular complexity index is 661. The minimum absolute atomic E-state index is 0.0674. The highest BCUT2D eigenvalue weighted by molar-refractivity contribution is 5.79. The van der Waals surface area contributed by atoms with Gasteiger partial charge in [-0.2, -0.15) is 0 Å². The summed E-state index contributed by atoms with van der Waals surface area (Å²) in [5, 5.41) is 9.25. The second-order valence-corrected chi connectivity index (χ2v) is 5.36. The third-order valence-electron chi connectivity index (χ3n) is 3.80. The van der Waals surface area contributed by atoms with E-state index >= 15 is 0 Å². The van der Waals surface area contributed by atoms with Gasteiger partial charge in [-0.15, -0.1) is 0 Å². The number of carbonyl (C=O) groups is 1. The van der Waals surface area contributed by atoms with Gasteiger partial charge in [-0.1, -0.05) is 36.4 Å². The molecule has 0 radical (unpaired) electrons. The normalized spacial score (nSPS) is 12.0. The summed E-state index contributed by atoms with van der Waals surface area (Å²) in [6, 6.07) is 12.2. The van der Waals surface area contributed by atoms with Crippen LogP contribution < -0.4 is 0 Å². The molecule has 2 aromatic carbocycles. The first kappa shape index (κ1) is 17.1. The first-order chi connectivity index (χ1) is 11.0. The summed E-state index contributed by atoms with van der Waals surface area (Å²) in [6.07, 6.45) is 0.232. The van der Waals surface area contributed by atoms with Crippen LogP contribution in [-0.2, 0) is 11.2 Å². The quantitative estimate of drug-likeness (QED) is 0.889. The molecule has 5 heteroatoms. The molecule has 0 saturated carbocycles. The van der Waals surface area contributed by atoms with Crippen LogP contribution >= 0.6 is 0 Å². The first-order valence-electron chi connectivity index (χ1n) is 7.38. The van der Waals surface area contributed by atoms with Crippen LogP contribution in [0.4, 0.5) is 8.78 Å². The molecule has 1 atom stereocenters. The van der Waals surface area contributed by atoms with Gasteiger partial charge in [-0.3, -0.25) is 4.79 Å². The van der Waals surface area contributed by atoms with Gasteiger partial charge >= 0.3 is 0 Å². The molecule has 2 aromatic rings. The number of hydrogen-bond donors (Lipinski definition) is 1. The van der Waals surface area contributed by atoms with E-state index in [1.807, 2.05) is 30.3 Å². The SMILES string of the molecule is CN(C(=O)Cc1ccc(F)cc1F)C(CCO)c1ccccc1. The molecule has 1 N–H and O–H groups in total. The minimum Gasteiger partial charge on any atom is -0.396 e. The van der Waals surface area contributed by atoms with E-state index in [0.29, 0.717) is 6.42 Å². The van der Waals surface area contributed by atoms with Crippen molar-refractivity contribution >= 4 is 5.91 Å². The van der Waals surface area contributed by atoms with Crippen molar-refractivity contribution in [2.24, 2.45) is 0 Å². The number of halogens is 2. The van der Waals surface area contributed by atoms with Crippen molar-refractivity contribution in [2.75, 3.05) is 13.7 Å². The molecule has 2 rings (SSSR count). The zero-order valence-corrected chi connectivity index (χ0v) is 12.9. The van der Waals surface area contributed by atoms with Gasteiger partial charge in [0.2, 0.25) is 5.91 Å². The molecule has 1 amide bonds. The smallest absolute Gasteiger partial charge is 0.227 e. The fraction of sp³-hybridized carbons (Fsp3) is 0.278. The summed E-state index contributed by atoms with van der Waals surface area (Å²) in [7, 11) is 1.62. The van der Waals surface area contributed by atoms with E-state index < -0.39 is 11.6 Å². The van der Waals surface area contributed by atoms with E-state index in [1.54, 1.807) is 7.05 Å². The Morgan fingerprint density at radius 2 is 1.87 bits per heavy atom. The van der Waals surface area contributed by atoms with Crippen molar-refractivity contribution in [3.8, 4) is 0 Å². The van der Waals surface area contributed by atoms with Gasteiger partial charge in [0.05, 0.1) is 12.5 Å². The van der Waals surface area contributed by atoms with E-state index in [2.05, 4.69) is 0 Å². The van der Waals surface area contributed by atoms with Gasteiger partial charge < -0.3 is 10.0 Å². The average molecular weight is 319 g/mol. The minimum atomic E-state index is -0.731. The first-order valence-corrected chi connectivity index (χ1v) is 7.38. The van der Waals surface area contributed by atoms with Crippen molar-refractivity contribution in [1.29, 1.82) is 0 Å². The highest BCUT2D eigenvalue weighted by atomic mass is 19.1. The van der Waals surface area contributed by atoms with E-state index in [1.165, 1.54) is 11.0 Å². The number of rotatable bonds is 6. The van der Waals surface area contributed by atoms with Gasteiger partial charge in [0, 0.05) is 19.7 Å². The summed E-state index contributed by atoms with van der Waals surface area (Å²) in [5.41, 5.74) is 1.05. The van der Waals surface area contributed by atoms with E-state index in [0.717, 1.165) is 17.7 Å². The zero-order valence-electron chi connectivity index (χ0n) is 12.9. The van der Waals surface area contributed by atoms with Crippen molar-refractivity contribution in [2.45, 2.75) is 18.9 Å². The molecule has 0 aliphatic heterocycles. The van der Waals surface area contributed by atoms with Crippen LogP contribution in [0.5, 0.6) is 0 Å². The third-order valence-corrected chi connectivity index (χ3v) is 3.80. The fourth-order valence-electron chi connectivity index (χ4n) is 2.51.